The van der Waals surface area contributed by atoms with Crippen molar-refractivity contribution in [3.8, 4) is 6.07 Å². The molecule has 1 aromatic carbocycles. The molecule has 0 spiro atoms. The molecule has 0 aliphatic heterocycles. The number of thioether (sulfide) groups is 1. The van der Waals surface area contributed by atoms with E-state index in [0.29, 0.717) is 15.6 Å². The van der Waals surface area contributed by atoms with Crippen molar-refractivity contribution in [2.45, 2.75) is 18.9 Å². The zero-order valence-electron chi connectivity index (χ0n) is 11.8. The molecule has 0 bridgehead atoms. The molecule has 1 heterocycles. The van der Waals surface area contributed by atoms with E-state index in [1.54, 1.807) is 0 Å². The Hall–Kier alpha value is -1.44. The maximum Gasteiger partial charge on any atom is 0.116 e. The van der Waals surface area contributed by atoms with Crippen LogP contribution in [-0.2, 0) is 0 Å². The van der Waals surface area contributed by atoms with Gasteiger partial charge in [-0.05, 0) is 38.3 Å². The molecule has 2 rings (SSSR count). The van der Waals surface area contributed by atoms with E-state index in [1.165, 1.54) is 11.8 Å². The molecule has 0 radical (unpaired) electrons. The number of anilines is 1. The van der Waals surface area contributed by atoms with Crippen LogP contribution < -0.4 is 4.90 Å². The Bertz CT molecular complexity index is 675. The topological polar surface area (TPSA) is 39.9 Å². The highest BCUT2D eigenvalue weighted by atomic mass is 35.5. The van der Waals surface area contributed by atoms with E-state index in [-0.39, 0.29) is 0 Å². The van der Waals surface area contributed by atoms with Crippen molar-refractivity contribution < 1.29 is 0 Å². The summed E-state index contributed by atoms with van der Waals surface area (Å²) in [5, 5.41) is 11.3. The van der Waals surface area contributed by atoms with Crippen molar-refractivity contribution in [1.29, 1.82) is 5.26 Å². The van der Waals surface area contributed by atoms with Gasteiger partial charge in [0.25, 0.3) is 0 Å². The van der Waals surface area contributed by atoms with Crippen molar-refractivity contribution >= 4 is 40.0 Å². The minimum absolute atomic E-state index is 0.461. The second kappa shape index (κ2) is 6.34. The van der Waals surface area contributed by atoms with Crippen LogP contribution >= 0.6 is 23.4 Å². The largest absolute Gasteiger partial charge is 0.372 e. The van der Waals surface area contributed by atoms with Gasteiger partial charge in [0.05, 0.1) is 10.5 Å². The van der Waals surface area contributed by atoms with E-state index in [4.69, 9.17) is 11.6 Å². The molecule has 0 unspecified atom stereocenters. The second-order valence-electron chi connectivity index (χ2n) is 4.30. The van der Waals surface area contributed by atoms with Gasteiger partial charge in [0.15, 0.2) is 0 Å². The molecule has 0 atom stereocenters. The van der Waals surface area contributed by atoms with Gasteiger partial charge in [-0.3, -0.25) is 0 Å². The summed E-state index contributed by atoms with van der Waals surface area (Å²) in [6.07, 6.45) is 1.90. The fourth-order valence-electron chi connectivity index (χ4n) is 2.22. The summed E-state index contributed by atoms with van der Waals surface area (Å²) in [5.74, 6) is 0. The van der Waals surface area contributed by atoms with E-state index in [0.717, 1.165) is 29.7 Å². The van der Waals surface area contributed by atoms with Crippen LogP contribution in [0.15, 0.2) is 23.2 Å². The van der Waals surface area contributed by atoms with Gasteiger partial charge >= 0.3 is 0 Å². The van der Waals surface area contributed by atoms with Gasteiger partial charge in [0.2, 0.25) is 0 Å². The maximum absolute atomic E-state index is 9.26. The number of hydrogen-bond donors (Lipinski definition) is 0. The molecule has 0 saturated carbocycles. The standard InChI is InChI=1S/C15H16ClN3S/c1-4-19(5-2)10-6-7-13-11(8-10)14(16)12(9-17)15(18-13)20-3/h6-8H,4-5H2,1-3H3. The number of aromatic nitrogens is 1. The van der Waals surface area contributed by atoms with Crippen molar-refractivity contribution in [3.05, 3.63) is 28.8 Å². The smallest absolute Gasteiger partial charge is 0.116 e. The molecule has 0 aliphatic rings. The van der Waals surface area contributed by atoms with E-state index >= 15 is 0 Å². The first-order valence-corrected chi connectivity index (χ1v) is 8.08. The highest BCUT2D eigenvalue weighted by molar-refractivity contribution is 7.98. The molecular weight excluding hydrogens is 290 g/mol. The van der Waals surface area contributed by atoms with E-state index in [9.17, 15) is 5.26 Å². The van der Waals surface area contributed by atoms with Gasteiger partial charge in [-0.2, -0.15) is 5.26 Å². The first-order chi connectivity index (χ1) is 9.65. The number of nitriles is 1. The summed E-state index contributed by atoms with van der Waals surface area (Å²) in [6.45, 7) is 6.10. The molecule has 0 aliphatic carbocycles. The molecule has 20 heavy (non-hydrogen) atoms. The number of hydrogen-bond acceptors (Lipinski definition) is 4. The Kier molecular flexibility index (Phi) is 4.74. The lowest BCUT2D eigenvalue weighted by Gasteiger charge is -2.21. The third-order valence-corrected chi connectivity index (χ3v) is 4.38. The Morgan fingerprint density at radius 3 is 2.60 bits per heavy atom. The predicted molar refractivity (Wildman–Crippen MR) is 86.8 cm³/mol. The molecule has 2 aromatic rings. The summed E-state index contributed by atoms with van der Waals surface area (Å²) >= 11 is 7.83. The van der Waals surface area contributed by atoms with Gasteiger partial charge in [-0.25, -0.2) is 4.98 Å². The monoisotopic (exact) mass is 305 g/mol. The molecule has 1 aromatic heterocycles. The van der Waals surface area contributed by atoms with Gasteiger partial charge in [-0.15, -0.1) is 11.8 Å². The second-order valence-corrected chi connectivity index (χ2v) is 5.47. The SMILES string of the molecule is CCN(CC)c1ccc2nc(SC)c(C#N)c(Cl)c2c1. The van der Waals surface area contributed by atoms with Gasteiger partial charge in [0, 0.05) is 24.2 Å². The highest BCUT2D eigenvalue weighted by Gasteiger charge is 2.14. The number of halogens is 1. The number of rotatable bonds is 4. The number of benzene rings is 1. The van der Waals surface area contributed by atoms with E-state index in [2.05, 4.69) is 35.9 Å². The zero-order valence-corrected chi connectivity index (χ0v) is 13.3. The van der Waals surface area contributed by atoms with Gasteiger partial charge in [-0.1, -0.05) is 11.6 Å². The summed E-state index contributed by atoms with van der Waals surface area (Å²) in [5.41, 5.74) is 2.39. The molecule has 5 heteroatoms. The van der Waals surface area contributed by atoms with Gasteiger partial charge in [0.1, 0.15) is 16.7 Å². The molecule has 0 N–H and O–H groups in total. The average molecular weight is 306 g/mol. The van der Waals surface area contributed by atoms with Crippen molar-refractivity contribution in [2.24, 2.45) is 0 Å². The number of fused-ring (bicyclic) bond motifs is 1. The Morgan fingerprint density at radius 2 is 2.05 bits per heavy atom. The van der Waals surface area contributed by atoms with E-state index in [1.807, 2.05) is 18.4 Å². The van der Waals surface area contributed by atoms with Crippen LogP contribution in [0.4, 0.5) is 5.69 Å². The number of nitrogens with zero attached hydrogens (tertiary/aromatic N) is 3. The summed E-state index contributed by atoms with van der Waals surface area (Å²) in [6, 6.07) is 8.19. The third kappa shape index (κ3) is 2.56. The molecular formula is C15H16ClN3S. The van der Waals surface area contributed by atoms with Crippen molar-refractivity contribution in [1.82, 2.24) is 4.98 Å². The minimum Gasteiger partial charge on any atom is -0.372 e. The average Bonchev–Trinajstić information content (AvgIpc) is 2.48. The lowest BCUT2D eigenvalue weighted by molar-refractivity contribution is 0.867. The molecule has 0 fully saturated rings. The quantitative estimate of drug-likeness (QED) is 0.788. The van der Waals surface area contributed by atoms with Crippen LogP contribution in [0.1, 0.15) is 19.4 Å². The van der Waals surface area contributed by atoms with Crippen molar-refractivity contribution in [2.75, 3.05) is 24.2 Å². The minimum atomic E-state index is 0.461. The fourth-order valence-corrected chi connectivity index (χ4v) is 3.10. The predicted octanol–water partition coefficient (Wildman–Crippen LogP) is 4.33. The van der Waals surface area contributed by atoms with Crippen LogP contribution in [0.3, 0.4) is 0 Å². The summed E-state index contributed by atoms with van der Waals surface area (Å²) in [7, 11) is 0. The van der Waals surface area contributed by atoms with Crippen LogP contribution in [0.25, 0.3) is 10.9 Å². The summed E-state index contributed by atoms with van der Waals surface area (Å²) in [4.78, 5) is 6.76. The number of pyridine rings is 1. The van der Waals surface area contributed by atoms with Crippen LogP contribution in [-0.4, -0.2) is 24.3 Å². The van der Waals surface area contributed by atoms with E-state index < -0.39 is 0 Å². The highest BCUT2D eigenvalue weighted by Crippen LogP contribution is 2.33. The molecule has 0 saturated heterocycles. The lowest BCUT2D eigenvalue weighted by Crippen LogP contribution is -2.21. The molecule has 0 amide bonds. The Balaban J connectivity index is 2.69. The van der Waals surface area contributed by atoms with Gasteiger partial charge < -0.3 is 4.90 Å². The lowest BCUT2D eigenvalue weighted by atomic mass is 10.1. The first kappa shape index (κ1) is 15.0. The van der Waals surface area contributed by atoms with Crippen LogP contribution in [0, 0.1) is 11.3 Å². The van der Waals surface area contributed by atoms with Crippen molar-refractivity contribution in [3.63, 3.8) is 0 Å². The fraction of sp³-hybridized carbons (Fsp3) is 0.333. The molecule has 3 nitrogen and oxygen atoms in total. The third-order valence-electron chi connectivity index (χ3n) is 3.31. The normalized spacial score (nSPS) is 10.6. The van der Waals surface area contributed by atoms with Crippen LogP contribution in [0.5, 0.6) is 0 Å². The Labute approximate surface area is 128 Å². The molecule has 104 valence electrons. The van der Waals surface area contributed by atoms with Crippen LogP contribution in [0.2, 0.25) is 5.02 Å². The zero-order chi connectivity index (χ0) is 14.7. The first-order valence-electron chi connectivity index (χ1n) is 6.48. The Morgan fingerprint density at radius 1 is 1.35 bits per heavy atom. The summed E-state index contributed by atoms with van der Waals surface area (Å²) < 4.78 is 0. The maximum atomic E-state index is 9.26.